The normalized spacial score (nSPS) is 16.5. The van der Waals surface area contributed by atoms with E-state index >= 15 is 0 Å². The molecule has 2 aromatic rings. The SMILES string of the molecule is Cn1ncc2c1CCC[C@@H]2NC(=O)CSCC(=O)c1ccccc1. The summed E-state index contributed by atoms with van der Waals surface area (Å²) in [5.41, 5.74) is 3.03. The Hall–Kier alpha value is -2.08. The number of amides is 1. The number of ketones is 1. The predicted molar refractivity (Wildman–Crippen MR) is 95.1 cm³/mol. The largest absolute Gasteiger partial charge is 0.348 e. The molecule has 0 bridgehead atoms. The highest BCUT2D eigenvalue weighted by molar-refractivity contribution is 8.00. The van der Waals surface area contributed by atoms with Gasteiger partial charge in [-0.3, -0.25) is 14.3 Å². The van der Waals surface area contributed by atoms with Crippen molar-refractivity contribution in [3.63, 3.8) is 0 Å². The van der Waals surface area contributed by atoms with E-state index in [4.69, 9.17) is 0 Å². The van der Waals surface area contributed by atoms with E-state index in [0.29, 0.717) is 17.1 Å². The molecule has 1 aromatic carbocycles. The average Bonchev–Trinajstić information content (AvgIpc) is 2.98. The van der Waals surface area contributed by atoms with Crippen LogP contribution in [0, 0.1) is 0 Å². The fourth-order valence-electron chi connectivity index (χ4n) is 3.04. The maximum absolute atomic E-state index is 12.2. The number of hydrogen-bond donors (Lipinski definition) is 1. The van der Waals surface area contributed by atoms with Crippen molar-refractivity contribution in [2.45, 2.75) is 25.3 Å². The van der Waals surface area contributed by atoms with Crippen LogP contribution in [0.2, 0.25) is 0 Å². The zero-order valence-corrected chi connectivity index (χ0v) is 14.5. The number of aromatic nitrogens is 2. The van der Waals surface area contributed by atoms with Gasteiger partial charge >= 0.3 is 0 Å². The van der Waals surface area contributed by atoms with Gasteiger partial charge < -0.3 is 5.32 Å². The number of hydrogen-bond acceptors (Lipinski definition) is 4. The molecule has 5 nitrogen and oxygen atoms in total. The Kier molecular flexibility index (Phi) is 5.35. The molecule has 0 spiro atoms. The highest BCUT2D eigenvalue weighted by Gasteiger charge is 2.24. The van der Waals surface area contributed by atoms with Gasteiger partial charge in [-0.2, -0.15) is 5.10 Å². The molecule has 0 unspecified atom stereocenters. The predicted octanol–water partition coefficient (Wildman–Crippen LogP) is 2.53. The second kappa shape index (κ2) is 7.66. The maximum atomic E-state index is 12.2. The fourth-order valence-corrected chi connectivity index (χ4v) is 3.76. The van der Waals surface area contributed by atoms with E-state index in [2.05, 4.69) is 10.4 Å². The number of thioether (sulfide) groups is 1. The highest BCUT2D eigenvalue weighted by Crippen LogP contribution is 2.29. The summed E-state index contributed by atoms with van der Waals surface area (Å²) in [6, 6.07) is 9.22. The van der Waals surface area contributed by atoms with Crippen LogP contribution in [-0.2, 0) is 18.3 Å². The van der Waals surface area contributed by atoms with Crippen molar-refractivity contribution in [1.29, 1.82) is 0 Å². The van der Waals surface area contributed by atoms with Crippen LogP contribution in [-0.4, -0.2) is 33.0 Å². The molecule has 1 N–H and O–H groups in total. The van der Waals surface area contributed by atoms with Gasteiger partial charge in [0.05, 0.1) is 23.7 Å². The molecule has 1 aliphatic carbocycles. The Labute approximate surface area is 145 Å². The van der Waals surface area contributed by atoms with Gasteiger partial charge in [0.15, 0.2) is 5.78 Å². The van der Waals surface area contributed by atoms with Gasteiger partial charge in [0, 0.05) is 23.9 Å². The molecule has 6 heteroatoms. The van der Waals surface area contributed by atoms with Crippen LogP contribution in [0.1, 0.15) is 40.5 Å². The lowest BCUT2D eigenvalue weighted by Crippen LogP contribution is -2.32. The third kappa shape index (κ3) is 3.87. The monoisotopic (exact) mass is 343 g/mol. The van der Waals surface area contributed by atoms with Gasteiger partial charge in [-0.25, -0.2) is 0 Å². The molecule has 1 aliphatic rings. The molecule has 0 fully saturated rings. The van der Waals surface area contributed by atoms with E-state index in [1.165, 1.54) is 17.5 Å². The van der Waals surface area contributed by atoms with Gasteiger partial charge in [-0.15, -0.1) is 11.8 Å². The van der Waals surface area contributed by atoms with Crippen LogP contribution < -0.4 is 5.32 Å². The third-order valence-electron chi connectivity index (χ3n) is 4.27. The molecule has 3 rings (SSSR count). The van der Waals surface area contributed by atoms with Crippen molar-refractivity contribution in [3.05, 3.63) is 53.3 Å². The third-order valence-corrected chi connectivity index (χ3v) is 5.21. The van der Waals surface area contributed by atoms with Crippen molar-refractivity contribution < 1.29 is 9.59 Å². The zero-order valence-electron chi connectivity index (χ0n) is 13.7. The molecule has 126 valence electrons. The number of rotatable bonds is 6. The Bertz CT molecular complexity index is 727. The minimum absolute atomic E-state index is 0.0254. The first-order valence-corrected chi connectivity index (χ1v) is 9.26. The van der Waals surface area contributed by atoms with Crippen LogP contribution in [0.15, 0.2) is 36.5 Å². The number of benzene rings is 1. The number of carbonyl (C=O) groups excluding carboxylic acids is 2. The molecular weight excluding hydrogens is 322 g/mol. The Balaban J connectivity index is 1.48. The summed E-state index contributed by atoms with van der Waals surface area (Å²) in [6.45, 7) is 0. The Morgan fingerprint density at radius 2 is 2.08 bits per heavy atom. The second-order valence-electron chi connectivity index (χ2n) is 5.96. The lowest BCUT2D eigenvalue weighted by Gasteiger charge is -2.23. The molecular formula is C18H21N3O2S. The van der Waals surface area contributed by atoms with Gasteiger partial charge in [-0.05, 0) is 19.3 Å². The zero-order chi connectivity index (χ0) is 16.9. The molecule has 1 atom stereocenters. The van der Waals surface area contributed by atoms with Crippen LogP contribution in [0.3, 0.4) is 0 Å². The topological polar surface area (TPSA) is 64.0 Å². The minimum Gasteiger partial charge on any atom is -0.348 e. The van der Waals surface area contributed by atoms with Crippen molar-refractivity contribution in [3.8, 4) is 0 Å². The van der Waals surface area contributed by atoms with Gasteiger partial charge in [0.25, 0.3) is 0 Å². The lowest BCUT2D eigenvalue weighted by molar-refractivity contribution is -0.119. The molecule has 0 saturated carbocycles. The van der Waals surface area contributed by atoms with Gasteiger partial charge in [0.2, 0.25) is 5.91 Å². The minimum atomic E-state index is -0.0254. The fraction of sp³-hybridized carbons (Fsp3) is 0.389. The number of aryl methyl sites for hydroxylation is 1. The van der Waals surface area contributed by atoms with E-state index in [1.807, 2.05) is 36.1 Å². The lowest BCUT2D eigenvalue weighted by atomic mass is 9.93. The first-order valence-electron chi connectivity index (χ1n) is 8.11. The van der Waals surface area contributed by atoms with Crippen LogP contribution >= 0.6 is 11.8 Å². The number of Topliss-reactive ketones (excluding diaryl/α,β-unsaturated/α-hetero) is 1. The summed E-state index contributed by atoms with van der Waals surface area (Å²) >= 11 is 1.36. The average molecular weight is 343 g/mol. The van der Waals surface area contributed by atoms with Crippen molar-refractivity contribution in [1.82, 2.24) is 15.1 Å². The number of nitrogens with zero attached hydrogens (tertiary/aromatic N) is 2. The summed E-state index contributed by atoms with van der Waals surface area (Å²) in [4.78, 5) is 24.2. The Morgan fingerprint density at radius 1 is 1.29 bits per heavy atom. The van der Waals surface area contributed by atoms with Gasteiger partial charge in [-0.1, -0.05) is 30.3 Å². The van der Waals surface area contributed by atoms with Crippen molar-refractivity contribution in [2.24, 2.45) is 7.05 Å². The summed E-state index contributed by atoms with van der Waals surface area (Å²) in [7, 11) is 1.94. The number of nitrogens with one attached hydrogen (secondary N) is 1. The number of fused-ring (bicyclic) bond motifs is 1. The quantitative estimate of drug-likeness (QED) is 0.819. The van der Waals surface area contributed by atoms with E-state index in [0.717, 1.165) is 24.8 Å². The van der Waals surface area contributed by atoms with Crippen LogP contribution in [0.5, 0.6) is 0 Å². The molecule has 0 radical (unpaired) electrons. The first-order chi connectivity index (χ1) is 11.6. The molecule has 0 aliphatic heterocycles. The van der Waals surface area contributed by atoms with E-state index in [9.17, 15) is 9.59 Å². The van der Waals surface area contributed by atoms with E-state index in [1.54, 1.807) is 12.1 Å². The van der Waals surface area contributed by atoms with Crippen LogP contribution in [0.25, 0.3) is 0 Å². The van der Waals surface area contributed by atoms with Gasteiger partial charge in [0.1, 0.15) is 0 Å². The summed E-state index contributed by atoms with van der Waals surface area (Å²) in [5, 5.41) is 7.37. The Morgan fingerprint density at radius 3 is 2.88 bits per heavy atom. The van der Waals surface area contributed by atoms with Crippen LogP contribution in [0.4, 0.5) is 0 Å². The molecule has 1 heterocycles. The van der Waals surface area contributed by atoms with Crippen molar-refractivity contribution >= 4 is 23.5 Å². The van der Waals surface area contributed by atoms with Crippen molar-refractivity contribution in [2.75, 3.05) is 11.5 Å². The molecule has 1 aromatic heterocycles. The standard InChI is InChI=1S/C18H21N3O2S/c1-21-16-9-5-8-15(14(16)10-19-21)20-18(23)12-24-11-17(22)13-6-3-2-4-7-13/h2-4,6-7,10,15H,5,8-9,11-12H2,1H3,(H,20,23)/t15-/m0/s1. The van der Waals surface area contributed by atoms with E-state index in [-0.39, 0.29) is 17.7 Å². The maximum Gasteiger partial charge on any atom is 0.230 e. The summed E-state index contributed by atoms with van der Waals surface area (Å²) < 4.78 is 1.89. The summed E-state index contributed by atoms with van der Waals surface area (Å²) in [6.07, 6.45) is 4.86. The summed E-state index contributed by atoms with van der Waals surface area (Å²) in [5.74, 6) is 0.647. The van der Waals surface area contributed by atoms with E-state index < -0.39 is 0 Å². The molecule has 24 heavy (non-hydrogen) atoms. The molecule has 0 saturated heterocycles. The highest BCUT2D eigenvalue weighted by atomic mass is 32.2. The smallest absolute Gasteiger partial charge is 0.230 e. The molecule has 1 amide bonds. The second-order valence-corrected chi connectivity index (χ2v) is 6.95. The number of carbonyl (C=O) groups is 2. The first kappa shape index (κ1) is 16.8.